The molecule has 178 valence electrons. The Bertz CT molecular complexity index is 1180. The summed E-state index contributed by atoms with van der Waals surface area (Å²) in [5.41, 5.74) is 2.76. The number of fused-ring (bicyclic) bond motifs is 1. The molecular weight excluding hydrogens is 435 g/mol. The van der Waals surface area contributed by atoms with Crippen molar-refractivity contribution in [2.75, 3.05) is 26.4 Å². The molecule has 1 aliphatic carbocycles. The van der Waals surface area contributed by atoms with Gasteiger partial charge in [0.15, 0.2) is 0 Å². The SMILES string of the molecule is Cc1cn(-c2ccc(CC3CC4(COC4)CN4C3=NOCC4C3C=CC(F)=CC3)cc2O)cn1. The molecule has 6 rings (SSSR count). The number of hydrogen-bond acceptors (Lipinski definition) is 6. The number of nitrogens with zero attached hydrogens (tertiary/aromatic N) is 4. The fourth-order valence-corrected chi connectivity index (χ4v) is 5.81. The Hall–Kier alpha value is -3.13. The molecule has 2 saturated heterocycles. The summed E-state index contributed by atoms with van der Waals surface area (Å²) >= 11 is 0. The maximum absolute atomic E-state index is 13.6. The van der Waals surface area contributed by atoms with Gasteiger partial charge in [0, 0.05) is 30.0 Å². The molecule has 1 N–H and O–H groups in total. The molecule has 0 radical (unpaired) electrons. The maximum atomic E-state index is 13.6. The normalized spacial score (nSPS) is 27.5. The second kappa shape index (κ2) is 8.27. The van der Waals surface area contributed by atoms with Crippen molar-refractivity contribution in [3.63, 3.8) is 0 Å². The van der Waals surface area contributed by atoms with Gasteiger partial charge in [-0.3, -0.25) is 0 Å². The standard InChI is InChI=1S/C26H29FN4O3/c1-17-11-30(16-28-17)22-7-2-18(9-24(22)32)8-20-10-26(14-33-15-26)13-31-23(12-34-29-25(20)31)19-3-5-21(27)6-4-19/h2-3,5-7,9,11,16,19-20,23,32H,4,8,10,12-15H2,1H3. The Kier molecular flexibility index (Phi) is 5.21. The number of piperidine rings is 1. The van der Waals surface area contributed by atoms with E-state index in [1.165, 1.54) is 0 Å². The van der Waals surface area contributed by atoms with E-state index in [1.807, 2.05) is 35.9 Å². The topological polar surface area (TPSA) is 72.1 Å². The van der Waals surface area contributed by atoms with E-state index in [0.717, 1.165) is 49.7 Å². The number of hydrogen-bond donors (Lipinski definition) is 1. The lowest BCUT2D eigenvalue weighted by atomic mass is 9.70. The number of aromatic nitrogens is 2. The zero-order valence-corrected chi connectivity index (χ0v) is 19.2. The molecule has 34 heavy (non-hydrogen) atoms. The minimum absolute atomic E-state index is 0.106. The van der Waals surface area contributed by atoms with Crippen molar-refractivity contribution in [2.24, 2.45) is 22.4 Å². The largest absolute Gasteiger partial charge is 0.506 e. The quantitative estimate of drug-likeness (QED) is 0.743. The van der Waals surface area contributed by atoms with Gasteiger partial charge in [0.25, 0.3) is 0 Å². The van der Waals surface area contributed by atoms with Crippen molar-refractivity contribution < 1.29 is 19.1 Å². The molecule has 0 saturated carbocycles. The molecule has 8 heteroatoms. The number of oxime groups is 1. The molecule has 2 fully saturated rings. The van der Waals surface area contributed by atoms with Gasteiger partial charge >= 0.3 is 0 Å². The summed E-state index contributed by atoms with van der Waals surface area (Å²) in [5, 5.41) is 15.2. The van der Waals surface area contributed by atoms with Crippen molar-refractivity contribution in [2.45, 2.75) is 32.2 Å². The summed E-state index contributed by atoms with van der Waals surface area (Å²) in [5.74, 6) is 1.36. The molecule has 0 amide bonds. The molecule has 3 aliphatic heterocycles. The van der Waals surface area contributed by atoms with Crippen LogP contribution >= 0.6 is 0 Å². The third kappa shape index (κ3) is 3.79. The minimum atomic E-state index is -0.170. The van der Waals surface area contributed by atoms with Crippen LogP contribution in [0.3, 0.4) is 0 Å². The molecule has 3 atom stereocenters. The van der Waals surface area contributed by atoms with Crippen LogP contribution in [-0.4, -0.2) is 57.8 Å². The van der Waals surface area contributed by atoms with Gasteiger partial charge in [-0.1, -0.05) is 17.3 Å². The first-order chi connectivity index (χ1) is 16.5. The highest BCUT2D eigenvalue weighted by atomic mass is 19.1. The van der Waals surface area contributed by atoms with Crippen molar-refractivity contribution in [1.82, 2.24) is 14.5 Å². The van der Waals surface area contributed by atoms with Crippen LogP contribution in [0, 0.1) is 24.2 Å². The maximum Gasteiger partial charge on any atom is 0.148 e. The van der Waals surface area contributed by atoms with E-state index in [2.05, 4.69) is 21.1 Å². The number of rotatable bonds is 4. The van der Waals surface area contributed by atoms with Gasteiger partial charge in [0.1, 0.15) is 24.0 Å². The molecule has 7 nitrogen and oxygen atoms in total. The van der Waals surface area contributed by atoms with E-state index in [1.54, 1.807) is 18.5 Å². The molecule has 1 spiro atoms. The molecule has 4 heterocycles. The van der Waals surface area contributed by atoms with Gasteiger partial charge < -0.3 is 24.1 Å². The number of ether oxygens (including phenoxy) is 1. The summed E-state index contributed by atoms with van der Waals surface area (Å²) in [6, 6.07) is 5.96. The smallest absolute Gasteiger partial charge is 0.148 e. The van der Waals surface area contributed by atoms with Crippen molar-refractivity contribution in [3.05, 3.63) is 66.0 Å². The molecule has 0 bridgehead atoms. The first kappa shape index (κ1) is 21.4. The van der Waals surface area contributed by atoms with Crippen molar-refractivity contribution in [3.8, 4) is 11.4 Å². The fourth-order valence-electron chi connectivity index (χ4n) is 5.81. The second-order valence-electron chi connectivity index (χ2n) is 10.1. The van der Waals surface area contributed by atoms with Crippen LogP contribution in [-0.2, 0) is 16.0 Å². The second-order valence-corrected chi connectivity index (χ2v) is 10.1. The highest BCUT2D eigenvalue weighted by Crippen LogP contribution is 2.44. The lowest BCUT2D eigenvalue weighted by Crippen LogP contribution is -2.64. The molecule has 4 aliphatic rings. The Morgan fingerprint density at radius 1 is 1.29 bits per heavy atom. The summed E-state index contributed by atoms with van der Waals surface area (Å²) < 4.78 is 21.1. The molecule has 1 aromatic heterocycles. The van der Waals surface area contributed by atoms with Crippen molar-refractivity contribution in [1.29, 1.82) is 0 Å². The van der Waals surface area contributed by atoms with Gasteiger partial charge in [-0.25, -0.2) is 9.37 Å². The third-order valence-corrected chi connectivity index (χ3v) is 7.56. The van der Waals surface area contributed by atoms with E-state index in [-0.39, 0.29) is 34.9 Å². The number of amidine groups is 1. The molecule has 3 unspecified atom stereocenters. The average molecular weight is 465 g/mol. The predicted molar refractivity (Wildman–Crippen MR) is 125 cm³/mol. The van der Waals surface area contributed by atoms with Crippen LogP contribution in [0.15, 0.2) is 59.9 Å². The summed E-state index contributed by atoms with van der Waals surface area (Å²) in [6.07, 6.45) is 11.2. The van der Waals surface area contributed by atoms with Crippen LogP contribution in [0.25, 0.3) is 5.69 Å². The van der Waals surface area contributed by atoms with E-state index in [9.17, 15) is 9.50 Å². The Morgan fingerprint density at radius 3 is 2.85 bits per heavy atom. The van der Waals surface area contributed by atoms with E-state index >= 15 is 0 Å². The number of imidazole rings is 1. The first-order valence-electron chi connectivity index (χ1n) is 11.9. The van der Waals surface area contributed by atoms with Gasteiger partial charge in [0.2, 0.25) is 0 Å². The third-order valence-electron chi connectivity index (χ3n) is 7.56. The summed E-state index contributed by atoms with van der Waals surface area (Å²) in [7, 11) is 0. The summed E-state index contributed by atoms with van der Waals surface area (Å²) in [6.45, 7) is 4.81. The molecular formula is C26H29FN4O3. The molecule has 1 aromatic carbocycles. The molecule has 2 aromatic rings. The van der Waals surface area contributed by atoms with Gasteiger partial charge in [-0.2, -0.15) is 0 Å². The summed E-state index contributed by atoms with van der Waals surface area (Å²) in [4.78, 5) is 12.4. The number of phenols is 1. The van der Waals surface area contributed by atoms with E-state index in [0.29, 0.717) is 18.7 Å². The number of benzene rings is 1. The highest BCUT2D eigenvalue weighted by Gasteiger charge is 2.51. The number of halogens is 1. The van der Waals surface area contributed by atoms with Crippen LogP contribution < -0.4 is 0 Å². The Labute approximate surface area is 198 Å². The number of aromatic hydroxyl groups is 1. The van der Waals surface area contributed by atoms with Crippen LogP contribution in [0.4, 0.5) is 4.39 Å². The monoisotopic (exact) mass is 464 g/mol. The zero-order valence-electron chi connectivity index (χ0n) is 19.2. The fraction of sp³-hybridized carbons (Fsp3) is 0.462. The van der Waals surface area contributed by atoms with Gasteiger partial charge in [-0.15, -0.1) is 0 Å². The van der Waals surface area contributed by atoms with Crippen LogP contribution in [0.5, 0.6) is 5.75 Å². The average Bonchev–Trinajstić information content (AvgIpc) is 3.24. The van der Waals surface area contributed by atoms with Gasteiger partial charge in [0.05, 0.1) is 37.0 Å². The minimum Gasteiger partial charge on any atom is -0.506 e. The van der Waals surface area contributed by atoms with Crippen LogP contribution in [0.2, 0.25) is 0 Å². The van der Waals surface area contributed by atoms with Crippen LogP contribution in [0.1, 0.15) is 24.1 Å². The van der Waals surface area contributed by atoms with E-state index in [4.69, 9.17) is 9.57 Å². The lowest BCUT2D eigenvalue weighted by Gasteiger charge is -2.55. The Balaban J connectivity index is 1.26. The number of allylic oxidation sites excluding steroid dienone is 3. The Morgan fingerprint density at radius 2 is 2.18 bits per heavy atom. The number of phenolic OH excluding ortho intramolecular Hbond substituents is 1. The first-order valence-corrected chi connectivity index (χ1v) is 11.9. The zero-order chi connectivity index (χ0) is 23.3. The van der Waals surface area contributed by atoms with Crippen molar-refractivity contribution >= 4 is 5.84 Å². The predicted octanol–water partition coefficient (Wildman–Crippen LogP) is 3.91. The lowest BCUT2D eigenvalue weighted by molar-refractivity contribution is -0.147. The van der Waals surface area contributed by atoms with Gasteiger partial charge in [-0.05, 0) is 56.0 Å². The number of aryl methyl sites for hydroxylation is 1. The van der Waals surface area contributed by atoms with E-state index < -0.39 is 0 Å². The highest BCUT2D eigenvalue weighted by molar-refractivity contribution is 5.86.